The minimum Gasteiger partial charge on any atom is -0.495 e. The molecule has 4 atom stereocenters. The average Bonchev–Trinajstić information content (AvgIpc) is 3.22. The molecule has 1 saturated heterocycles. The maximum atomic E-state index is 15.9. The van der Waals surface area contributed by atoms with E-state index in [1.807, 2.05) is 25.7 Å². The van der Waals surface area contributed by atoms with Gasteiger partial charge in [-0.25, -0.2) is 13.6 Å². The molecule has 0 saturated carbocycles. The number of aromatic carboxylic acids is 1. The van der Waals surface area contributed by atoms with Crippen molar-refractivity contribution in [3.05, 3.63) is 98.5 Å². The third-order valence-corrected chi connectivity index (χ3v) is 8.56. The minimum atomic E-state index is -1.69. The summed E-state index contributed by atoms with van der Waals surface area (Å²) in [5.41, 5.74) is -1.51. The number of hydrogen-bond acceptors (Lipinski definition) is 5. The third-order valence-electron chi connectivity index (χ3n) is 8.03. The van der Waals surface area contributed by atoms with E-state index < -0.39 is 47.6 Å². The first-order valence-corrected chi connectivity index (χ1v) is 14.6. The summed E-state index contributed by atoms with van der Waals surface area (Å²) in [7, 11) is 1.40. The van der Waals surface area contributed by atoms with E-state index in [0.29, 0.717) is 12.0 Å². The Kier molecular flexibility index (Phi) is 9.93. The van der Waals surface area contributed by atoms with Crippen molar-refractivity contribution in [2.24, 2.45) is 5.41 Å². The molecule has 2 N–H and O–H groups in total. The Hall–Kier alpha value is -3.66. The maximum Gasteiger partial charge on any atom is 0.335 e. The van der Waals surface area contributed by atoms with Gasteiger partial charge in [0, 0.05) is 28.6 Å². The maximum absolute atomic E-state index is 15.9. The Balaban J connectivity index is 1.96. The number of benzene rings is 3. The van der Waals surface area contributed by atoms with E-state index in [-0.39, 0.29) is 44.4 Å². The van der Waals surface area contributed by atoms with Crippen molar-refractivity contribution >= 4 is 29.2 Å². The summed E-state index contributed by atoms with van der Waals surface area (Å²) in [4.78, 5) is 13.2. The van der Waals surface area contributed by atoms with E-state index in [0.717, 1.165) is 6.07 Å². The SMILES string of the molecule is COc1cc(C(=O)O)ccc1C#CCN1C(CO)C(c2cccc(Cl)c2F)C(C#N)(c2ccc(Cl)cc2F)C1CC(C)(C)C. The molecule has 10 heteroatoms. The van der Waals surface area contributed by atoms with E-state index in [1.54, 1.807) is 6.07 Å². The molecule has 230 valence electrons. The second-order valence-electron chi connectivity index (χ2n) is 12.0. The smallest absolute Gasteiger partial charge is 0.335 e. The highest BCUT2D eigenvalue weighted by Gasteiger charge is 2.62. The van der Waals surface area contributed by atoms with Gasteiger partial charge in [-0.1, -0.05) is 74.0 Å². The molecular formula is C34H32Cl2F2N2O4. The predicted octanol–water partition coefficient (Wildman–Crippen LogP) is 7.06. The number of aliphatic hydroxyl groups excluding tert-OH is 1. The highest BCUT2D eigenvalue weighted by Crippen LogP contribution is 2.56. The molecule has 1 aliphatic heterocycles. The monoisotopic (exact) mass is 640 g/mol. The zero-order valence-electron chi connectivity index (χ0n) is 24.7. The standard InChI is InChI=1S/C34H32Cl2F2N2O4/c1-33(2,3)17-29-34(19-39,24-13-12-22(35)16-26(24)37)30(23-8-5-9-25(36)31(23)38)27(18-41)40(29)14-6-7-20-10-11-21(32(42)43)15-28(20)44-4/h5,8-13,15-16,27,29-30,41H,14,17-18H2,1-4H3,(H,42,43). The number of ether oxygens (including phenoxy) is 1. The number of rotatable bonds is 7. The lowest BCUT2D eigenvalue weighted by atomic mass is 9.62. The van der Waals surface area contributed by atoms with Crippen LogP contribution in [0.1, 0.15) is 60.2 Å². The largest absolute Gasteiger partial charge is 0.495 e. The van der Waals surface area contributed by atoms with Gasteiger partial charge in [-0.15, -0.1) is 0 Å². The quantitative estimate of drug-likeness (QED) is 0.269. The zero-order chi connectivity index (χ0) is 32.4. The van der Waals surface area contributed by atoms with Crippen LogP contribution in [-0.2, 0) is 5.41 Å². The zero-order valence-corrected chi connectivity index (χ0v) is 26.2. The van der Waals surface area contributed by atoms with Gasteiger partial charge in [-0.05, 0) is 53.8 Å². The van der Waals surface area contributed by atoms with Crippen LogP contribution in [0.3, 0.4) is 0 Å². The Morgan fingerprint density at radius 3 is 2.45 bits per heavy atom. The second kappa shape index (κ2) is 13.1. The molecule has 1 fully saturated rings. The first-order valence-electron chi connectivity index (χ1n) is 13.9. The Morgan fingerprint density at radius 2 is 1.86 bits per heavy atom. The topological polar surface area (TPSA) is 93.8 Å². The van der Waals surface area contributed by atoms with Crippen LogP contribution in [-0.4, -0.2) is 53.4 Å². The van der Waals surface area contributed by atoms with Crippen molar-refractivity contribution in [1.82, 2.24) is 4.90 Å². The van der Waals surface area contributed by atoms with E-state index in [9.17, 15) is 20.3 Å². The lowest BCUT2D eigenvalue weighted by molar-refractivity contribution is 0.0696. The van der Waals surface area contributed by atoms with Crippen LogP contribution >= 0.6 is 23.2 Å². The van der Waals surface area contributed by atoms with Crippen molar-refractivity contribution in [2.45, 2.75) is 50.6 Å². The number of carboxylic acid groups (broad SMARTS) is 1. The second-order valence-corrected chi connectivity index (χ2v) is 12.8. The molecule has 4 unspecified atom stereocenters. The molecule has 0 amide bonds. The fourth-order valence-electron chi connectivity index (χ4n) is 6.23. The van der Waals surface area contributed by atoms with E-state index in [2.05, 4.69) is 17.9 Å². The summed E-state index contributed by atoms with van der Waals surface area (Å²) in [5, 5.41) is 31.3. The number of nitrogens with zero attached hydrogens (tertiary/aromatic N) is 2. The summed E-state index contributed by atoms with van der Waals surface area (Å²) in [6.07, 6.45) is 0.357. The molecule has 0 aromatic heterocycles. The number of aliphatic hydroxyl groups is 1. The minimum absolute atomic E-state index is 0.00708. The van der Waals surface area contributed by atoms with Crippen LogP contribution in [0.5, 0.6) is 5.75 Å². The molecule has 3 aromatic rings. The highest BCUT2D eigenvalue weighted by molar-refractivity contribution is 6.31. The first kappa shape index (κ1) is 33.2. The van der Waals surface area contributed by atoms with Gasteiger partial charge in [0.25, 0.3) is 0 Å². The van der Waals surface area contributed by atoms with Crippen LogP contribution in [0.25, 0.3) is 0 Å². The molecule has 0 spiro atoms. The van der Waals surface area contributed by atoms with Gasteiger partial charge in [0.1, 0.15) is 22.8 Å². The van der Waals surface area contributed by atoms with Crippen molar-refractivity contribution < 1.29 is 28.5 Å². The molecule has 1 aliphatic rings. The van der Waals surface area contributed by atoms with Gasteiger partial charge < -0.3 is 14.9 Å². The van der Waals surface area contributed by atoms with Crippen LogP contribution in [0.2, 0.25) is 10.0 Å². The number of methoxy groups -OCH3 is 1. The molecule has 6 nitrogen and oxygen atoms in total. The molecule has 4 rings (SSSR count). The fraction of sp³-hybridized carbons (Fsp3) is 0.353. The normalized spacial score (nSPS) is 21.8. The summed E-state index contributed by atoms with van der Waals surface area (Å²) < 4.78 is 37.1. The van der Waals surface area contributed by atoms with Crippen molar-refractivity contribution in [1.29, 1.82) is 5.26 Å². The molecular weight excluding hydrogens is 609 g/mol. The highest BCUT2D eigenvalue weighted by atomic mass is 35.5. The van der Waals surface area contributed by atoms with Gasteiger partial charge in [-0.3, -0.25) is 4.90 Å². The number of carbonyl (C=O) groups is 1. The molecule has 0 bridgehead atoms. The summed E-state index contributed by atoms with van der Waals surface area (Å²) >= 11 is 12.3. The Labute approximate surface area is 265 Å². The third kappa shape index (κ3) is 6.27. The summed E-state index contributed by atoms with van der Waals surface area (Å²) in [6.45, 7) is 5.45. The van der Waals surface area contributed by atoms with Gasteiger partial charge in [0.2, 0.25) is 0 Å². The molecule has 1 heterocycles. The number of nitriles is 1. The van der Waals surface area contributed by atoms with Crippen LogP contribution < -0.4 is 4.74 Å². The number of hydrogen-bond donors (Lipinski definition) is 2. The Morgan fingerprint density at radius 1 is 1.14 bits per heavy atom. The van der Waals surface area contributed by atoms with Crippen LogP contribution in [0.15, 0.2) is 54.6 Å². The van der Waals surface area contributed by atoms with Crippen LogP contribution in [0.4, 0.5) is 8.78 Å². The van der Waals surface area contributed by atoms with Gasteiger partial charge in [0.15, 0.2) is 0 Å². The molecule has 44 heavy (non-hydrogen) atoms. The number of carboxylic acids is 1. The predicted molar refractivity (Wildman–Crippen MR) is 165 cm³/mol. The molecule has 0 aliphatic carbocycles. The fourth-order valence-corrected chi connectivity index (χ4v) is 6.57. The van der Waals surface area contributed by atoms with Crippen LogP contribution in [0, 0.1) is 40.2 Å². The summed E-state index contributed by atoms with van der Waals surface area (Å²) in [6, 6.07) is 13.6. The van der Waals surface area contributed by atoms with Gasteiger partial charge in [0.05, 0.1) is 42.5 Å². The lowest BCUT2D eigenvalue weighted by Gasteiger charge is -2.39. The van der Waals surface area contributed by atoms with Crippen molar-refractivity contribution in [3.8, 4) is 23.7 Å². The van der Waals surface area contributed by atoms with Crippen molar-refractivity contribution in [2.75, 3.05) is 20.3 Å². The summed E-state index contributed by atoms with van der Waals surface area (Å²) in [5.74, 6) is 2.70. The number of likely N-dealkylation sites (tertiary alicyclic amines) is 1. The van der Waals surface area contributed by atoms with Crippen molar-refractivity contribution in [3.63, 3.8) is 0 Å². The van der Waals surface area contributed by atoms with E-state index in [1.165, 1.54) is 49.6 Å². The Bertz CT molecular complexity index is 1670. The molecule has 0 radical (unpaired) electrons. The van der Waals surface area contributed by atoms with E-state index >= 15 is 8.78 Å². The lowest BCUT2D eigenvalue weighted by Crippen LogP contribution is -2.46. The number of halogens is 4. The van der Waals surface area contributed by atoms with Gasteiger partial charge in [-0.2, -0.15) is 5.26 Å². The van der Waals surface area contributed by atoms with Gasteiger partial charge >= 0.3 is 5.97 Å². The van der Waals surface area contributed by atoms with E-state index in [4.69, 9.17) is 27.9 Å². The first-order chi connectivity index (χ1) is 20.8. The average molecular weight is 642 g/mol. The molecule has 3 aromatic carbocycles.